The SMILES string of the molecule is CCNc1cc(Sc2ncc[nH]2)nc(COC)n1. The standard InChI is InChI=1S/C11H15N5OS/c1-3-12-8-6-10(16-9(15-8)7-17-2)18-11-13-4-5-14-11/h4-6H,3,7H2,1-2H3,(H,13,14)(H,12,15,16). The van der Waals surface area contributed by atoms with Gasteiger partial charge < -0.3 is 15.0 Å². The highest BCUT2D eigenvalue weighted by Crippen LogP contribution is 2.24. The number of aromatic amines is 1. The number of hydrogen-bond donors (Lipinski definition) is 2. The Hall–Kier alpha value is -1.60. The fourth-order valence-electron chi connectivity index (χ4n) is 1.40. The van der Waals surface area contributed by atoms with Gasteiger partial charge in [-0.2, -0.15) is 0 Å². The molecule has 0 aromatic carbocycles. The molecule has 0 aliphatic rings. The minimum Gasteiger partial charge on any atom is -0.377 e. The summed E-state index contributed by atoms with van der Waals surface area (Å²) < 4.78 is 5.07. The molecule has 0 atom stereocenters. The molecule has 7 heteroatoms. The second-order valence-electron chi connectivity index (χ2n) is 3.47. The zero-order valence-electron chi connectivity index (χ0n) is 10.3. The van der Waals surface area contributed by atoms with Crippen molar-refractivity contribution >= 4 is 17.6 Å². The maximum absolute atomic E-state index is 5.07. The number of aromatic nitrogens is 4. The number of ether oxygens (including phenoxy) is 1. The van der Waals surface area contributed by atoms with Gasteiger partial charge in [-0.05, 0) is 18.7 Å². The quantitative estimate of drug-likeness (QED) is 0.777. The maximum Gasteiger partial charge on any atom is 0.171 e. The smallest absolute Gasteiger partial charge is 0.171 e. The molecule has 0 amide bonds. The van der Waals surface area contributed by atoms with Crippen LogP contribution >= 0.6 is 11.8 Å². The number of methoxy groups -OCH3 is 1. The van der Waals surface area contributed by atoms with E-state index in [0.29, 0.717) is 12.4 Å². The van der Waals surface area contributed by atoms with E-state index >= 15 is 0 Å². The molecule has 2 heterocycles. The second kappa shape index (κ2) is 6.36. The van der Waals surface area contributed by atoms with Crippen molar-refractivity contribution in [3.63, 3.8) is 0 Å². The summed E-state index contributed by atoms with van der Waals surface area (Å²) in [4.78, 5) is 15.9. The summed E-state index contributed by atoms with van der Waals surface area (Å²) in [7, 11) is 1.63. The van der Waals surface area contributed by atoms with Crippen molar-refractivity contribution in [3.8, 4) is 0 Å². The van der Waals surface area contributed by atoms with Crippen LogP contribution in [0.3, 0.4) is 0 Å². The van der Waals surface area contributed by atoms with Gasteiger partial charge in [-0.15, -0.1) is 0 Å². The Bertz CT molecular complexity index is 464. The monoisotopic (exact) mass is 265 g/mol. The summed E-state index contributed by atoms with van der Waals surface area (Å²) in [5.74, 6) is 1.46. The average Bonchev–Trinajstić information content (AvgIpc) is 2.82. The van der Waals surface area contributed by atoms with Gasteiger partial charge in [0.1, 0.15) is 17.5 Å². The number of rotatable bonds is 6. The largest absolute Gasteiger partial charge is 0.377 e. The fourth-order valence-corrected chi connectivity index (χ4v) is 2.16. The van der Waals surface area contributed by atoms with E-state index in [-0.39, 0.29) is 0 Å². The Kier molecular flexibility index (Phi) is 4.54. The normalized spacial score (nSPS) is 10.6. The molecule has 2 aromatic rings. The first-order valence-electron chi connectivity index (χ1n) is 5.59. The van der Waals surface area contributed by atoms with Crippen molar-refractivity contribution in [1.82, 2.24) is 19.9 Å². The molecule has 0 radical (unpaired) electrons. The molecule has 0 bridgehead atoms. The molecule has 0 aliphatic carbocycles. The second-order valence-corrected chi connectivity index (χ2v) is 4.48. The van der Waals surface area contributed by atoms with Crippen LogP contribution in [0.2, 0.25) is 0 Å². The number of H-pyrrole nitrogens is 1. The van der Waals surface area contributed by atoms with Gasteiger partial charge in [0, 0.05) is 32.1 Å². The van der Waals surface area contributed by atoms with Crippen LogP contribution in [-0.2, 0) is 11.3 Å². The van der Waals surface area contributed by atoms with Crippen LogP contribution in [0.4, 0.5) is 5.82 Å². The van der Waals surface area contributed by atoms with E-state index in [4.69, 9.17) is 4.74 Å². The molecular weight excluding hydrogens is 250 g/mol. The lowest BCUT2D eigenvalue weighted by Crippen LogP contribution is -2.05. The van der Waals surface area contributed by atoms with E-state index in [1.54, 1.807) is 19.5 Å². The number of anilines is 1. The van der Waals surface area contributed by atoms with Gasteiger partial charge in [-0.25, -0.2) is 15.0 Å². The zero-order valence-corrected chi connectivity index (χ0v) is 11.1. The summed E-state index contributed by atoms with van der Waals surface area (Å²) in [6.07, 6.45) is 3.50. The average molecular weight is 265 g/mol. The third kappa shape index (κ3) is 3.44. The highest BCUT2D eigenvalue weighted by atomic mass is 32.2. The van der Waals surface area contributed by atoms with Gasteiger partial charge in [0.15, 0.2) is 11.0 Å². The first-order chi connectivity index (χ1) is 8.81. The number of nitrogens with one attached hydrogen (secondary N) is 2. The van der Waals surface area contributed by atoms with Crippen LogP contribution in [0.15, 0.2) is 28.6 Å². The van der Waals surface area contributed by atoms with Crippen molar-refractivity contribution < 1.29 is 4.74 Å². The molecule has 2 rings (SSSR count). The van der Waals surface area contributed by atoms with Crippen molar-refractivity contribution in [1.29, 1.82) is 0 Å². The lowest BCUT2D eigenvalue weighted by atomic mass is 10.5. The van der Waals surface area contributed by atoms with E-state index in [9.17, 15) is 0 Å². The molecule has 6 nitrogen and oxygen atoms in total. The van der Waals surface area contributed by atoms with E-state index in [0.717, 1.165) is 22.5 Å². The van der Waals surface area contributed by atoms with Crippen LogP contribution in [0, 0.1) is 0 Å². The summed E-state index contributed by atoms with van der Waals surface area (Å²) >= 11 is 1.46. The van der Waals surface area contributed by atoms with E-state index in [1.165, 1.54) is 11.8 Å². The molecule has 0 saturated carbocycles. The lowest BCUT2D eigenvalue weighted by molar-refractivity contribution is 0.177. The number of nitrogens with zero attached hydrogens (tertiary/aromatic N) is 3. The lowest BCUT2D eigenvalue weighted by Gasteiger charge is -2.07. The molecule has 0 unspecified atom stereocenters. The third-order valence-corrected chi connectivity index (χ3v) is 2.89. The Morgan fingerprint density at radius 1 is 1.44 bits per heavy atom. The van der Waals surface area contributed by atoms with Crippen molar-refractivity contribution in [2.45, 2.75) is 23.7 Å². The van der Waals surface area contributed by atoms with Crippen molar-refractivity contribution in [2.75, 3.05) is 19.0 Å². The fraction of sp³-hybridized carbons (Fsp3) is 0.364. The van der Waals surface area contributed by atoms with E-state index in [2.05, 4.69) is 25.3 Å². The predicted octanol–water partition coefficient (Wildman–Crippen LogP) is 1.93. The zero-order chi connectivity index (χ0) is 12.8. The van der Waals surface area contributed by atoms with Crippen LogP contribution in [0.5, 0.6) is 0 Å². The minimum atomic E-state index is 0.394. The van der Waals surface area contributed by atoms with Crippen LogP contribution in [0.25, 0.3) is 0 Å². The Morgan fingerprint density at radius 3 is 3.00 bits per heavy atom. The highest BCUT2D eigenvalue weighted by Gasteiger charge is 2.07. The topological polar surface area (TPSA) is 75.7 Å². The molecule has 2 aromatic heterocycles. The first kappa shape index (κ1) is 12.8. The van der Waals surface area contributed by atoms with Gasteiger partial charge in [0.05, 0.1) is 0 Å². The molecule has 96 valence electrons. The Balaban J connectivity index is 2.21. The predicted molar refractivity (Wildman–Crippen MR) is 69.6 cm³/mol. The van der Waals surface area contributed by atoms with Crippen LogP contribution in [-0.4, -0.2) is 33.6 Å². The molecule has 0 aliphatic heterocycles. The van der Waals surface area contributed by atoms with E-state index < -0.39 is 0 Å². The molecule has 0 saturated heterocycles. The third-order valence-electron chi connectivity index (χ3n) is 2.05. The Labute approximate surface area is 110 Å². The van der Waals surface area contributed by atoms with E-state index in [1.807, 2.05) is 13.0 Å². The molecule has 0 fully saturated rings. The highest BCUT2D eigenvalue weighted by molar-refractivity contribution is 7.99. The van der Waals surface area contributed by atoms with Gasteiger partial charge in [0.2, 0.25) is 0 Å². The summed E-state index contributed by atoms with van der Waals surface area (Å²) in [6, 6.07) is 1.90. The summed E-state index contributed by atoms with van der Waals surface area (Å²) in [6.45, 7) is 3.23. The maximum atomic E-state index is 5.07. The number of hydrogen-bond acceptors (Lipinski definition) is 6. The van der Waals surface area contributed by atoms with Gasteiger partial charge in [-0.1, -0.05) is 0 Å². The van der Waals surface area contributed by atoms with Gasteiger partial charge >= 0.3 is 0 Å². The van der Waals surface area contributed by atoms with Gasteiger partial charge in [0.25, 0.3) is 0 Å². The van der Waals surface area contributed by atoms with Crippen molar-refractivity contribution in [2.24, 2.45) is 0 Å². The molecule has 2 N–H and O–H groups in total. The van der Waals surface area contributed by atoms with Crippen LogP contribution in [0.1, 0.15) is 12.7 Å². The molecule has 18 heavy (non-hydrogen) atoms. The van der Waals surface area contributed by atoms with Crippen LogP contribution < -0.4 is 5.32 Å². The number of imidazole rings is 1. The molecule has 0 spiro atoms. The summed E-state index contributed by atoms with van der Waals surface area (Å²) in [5, 5.41) is 4.82. The van der Waals surface area contributed by atoms with Crippen molar-refractivity contribution in [3.05, 3.63) is 24.3 Å². The molecular formula is C11H15N5OS. The first-order valence-corrected chi connectivity index (χ1v) is 6.41. The minimum absolute atomic E-state index is 0.394. The summed E-state index contributed by atoms with van der Waals surface area (Å²) in [5.41, 5.74) is 0. The van der Waals surface area contributed by atoms with Gasteiger partial charge in [-0.3, -0.25) is 0 Å². The Morgan fingerprint density at radius 2 is 2.33 bits per heavy atom.